The van der Waals surface area contributed by atoms with E-state index in [0.717, 1.165) is 23.0 Å². The second-order valence-corrected chi connectivity index (χ2v) is 6.96. The van der Waals surface area contributed by atoms with Crippen molar-refractivity contribution in [1.82, 2.24) is 0 Å². The van der Waals surface area contributed by atoms with Crippen molar-refractivity contribution in [2.75, 3.05) is 47.7 Å². The predicted molar refractivity (Wildman–Crippen MR) is 78.2 cm³/mol. The minimum atomic E-state index is -0.597. The van der Waals surface area contributed by atoms with Crippen LogP contribution in [0.15, 0.2) is 0 Å². The summed E-state index contributed by atoms with van der Waals surface area (Å²) in [7, 11) is 0. The van der Waals surface area contributed by atoms with Crippen LogP contribution in [0.4, 0.5) is 0 Å². The summed E-state index contributed by atoms with van der Waals surface area (Å²) in [4.78, 5) is 0. The summed E-state index contributed by atoms with van der Waals surface area (Å²) in [5, 5.41) is 35.3. The largest absolute Gasteiger partial charge is 0.394 e. The summed E-state index contributed by atoms with van der Waals surface area (Å²) in [5.41, 5.74) is 0. The lowest BCUT2D eigenvalue weighted by Gasteiger charge is -2.07. The molecule has 0 aromatic rings. The van der Waals surface area contributed by atoms with Crippen LogP contribution in [0.3, 0.4) is 0 Å². The first kappa shape index (κ1) is 17.9. The fourth-order valence-corrected chi connectivity index (χ4v) is 4.06. The highest BCUT2D eigenvalue weighted by molar-refractivity contribution is 8.04. The zero-order chi connectivity index (χ0) is 12.9. The number of rotatable bonds is 12. The Morgan fingerprint density at radius 2 is 1.00 bits per heavy atom. The van der Waals surface area contributed by atoms with Gasteiger partial charge in [-0.15, -0.1) is 0 Å². The van der Waals surface area contributed by atoms with Crippen molar-refractivity contribution in [2.45, 2.75) is 12.2 Å². The highest BCUT2D eigenvalue weighted by Crippen LogP contribution is 2.11. The molecule has 0 heterocycles. The van der Waals surface area contributed by atoms with Crippen molar-refractivity contribution >= 4 is 35.3 Å². The van der Waals surface area contributed by atoms with E-state index in [1.165, 1.54) is 0 Å². The van der Waals surface area contributed by atoms with Crippen molar-refractivity contribution in [2.24, 2.45) is 0 Å². The third-order valence-electron chi connectivity index (χ3n) is 1.79. The molecule has 0 saturated carbocycles. The van der Waals surface area contributed by atoms with E-state index in [1.807, 2.05) is 11.8 Å². The Morgan fingerprint density at radius 3 is 1.35 bits per heavy atom. The zero-order valence-electron chi connectivity index (χ0n) is 9.83. The SMILES string of the molecule is OCC(O)CSCCSCCSCC(O)CO. The molecule has 0 aliphatic carbocycles. The van der Waals surface area contributed by atoms with E-state index in [9.17, 15) is 0 Å². The van der Waals surface area contributed by atoms with Crippen LogP contribution < -0.4 is 0 Å². The molecule has 0 spiro atoms. The van der Waals surface area contributed by atoms with Gasteiger partial charge in [-0.1, -0.05) is 0 Å². The molecule has 0 aromatic carbocycles. The molecule has 2 unspecified atom stereocenters. The average molecular weight is 302 g/mol. The molecular weight excluding hydrogens is 280 g/mol. The number of thioether (sulfide) groups is 3. The van der Waals surface area contributed by atoms with Crippen molar-refractivity contribution in [1.29, 1.82) is 0 Å². The maximum absolute atomic E-state index is 9.08. The lowest BCUT2D eigenvalue weighted by Crippen LogP contribution is -2.15. The number of aliphatic hydroxyl groups is 4. The Bertz CT molecular complexity index is 146. The molecule has 0 aliphatic heterocycles. The molecule has 4 N–H and O–H groups in total. The fourth-order valence-electron chi connectivity index (χ4n) is 0.882. The molecule has 0 aliphatic rings. The molecule has 0 radical (unpaired) electrons. The van der Waals surface area contributed by atoms with Crippen LogP contribution in [0.2, 0.25) is 0 Å². The molecule has 104 valence electrons. The number of hydrogen-bond acceptors (Lipinski definition) is 7. The topological polar surface area (TPSA) is 80.9 Å². The maximum atomic E-state index is 9.08. The van der Waals surface area contributed by atoms with Crippen molar-refractivity contribution in [3.63, 3.8) is 0 Å². The zero-order valence-corrected chi connectivity index (χ0v) is 12.3. The Hall–Kier alpha value is 0.890. The van der Waals surface area contributed by atoms with Crippen LogP contribution in [-0.2, 0) is 0 Å². The monoisotopic (exact) mass is 302 g/mol. The fraction of sp³-hybridized carbons (Fsp3) is 1.00. The normalized spacial score (nSPS) is 14.8. The molecular formula is C10H22O4S3. The first-order valence-electron chi connectivity index (χ1n) is 5.51. The van der Waals surface area contributed by atoms with E-state index < -0.39 is 12.2 Å². The minimum absolute atomic E-state index is 0.163. The third-order valence-corrected chi connectivity index (χ3v) is 5.51. The molecule has 4 nitrogen and oxygen atoms in total. The van der Waals surface area contributed by atoms with Gasteiger partial charge in [0.05, 0.1) is 25.4 Å². The van der Waals surface area contributed by atoms with Gasteiger partial charge < -0.3 is 20.4 Å². The minimum Gasteiger partial charge on any atom is -0.394 e. The lowest BCUT2D eigenvalue weighted by molar-refractivity contribution is 0.113. The summed E-state index contributed by atoms with van der Waals surface area (Å²) in [5.74, 6) is 5.21. The van der Waals surface area contributed by atoms with Crippen LogP contribution >= 0.6 is 35.3 Å². The standard InChI is InChI=1S/C10H22O4S3/c11-5-9(13)7-16-3-1-15-2-4-17-8-10(14)6-12/h9-14H,1-8H2. The summed E-state index contributed by atoms with van der Waals surface area (Å²) in [6.07, 6.45) is -1.19. The molecule has 0 saturated heterocycles. The van der Waals surface area contributed by atoms with E-state index in [2.05, 4.69) is 0 Å². The molecule has 0 fully saturated rings. The van der Waals surface area contributed by atoms with Crippen LogP contribution in [0.25, 0.3) is 0 Å². The molecule has 0 rings (SSSR count). The molecule has 0 bridgehead atoms. The molecule has 0 aromatic heterocycles. The van der Waals surface area contributed by atoms with Gasteiger partial charge in [-0.25, -0.2) is 0 Å². The second kappa shape index (κ2) is 13.3. The lowest BCUT2D eigenvalue weighted by atomic mass is 10.4. The van der Waals surface area contributed by atoms with E-state index in [0.29, 0.717) is 11.5 Å². The Morgan fingerprint density at radius 1 is 0.647 bits per heavy atom. The van der Waals surface area contributed by atoms with Gasteiger partial charge in [-0.05, 0) is 0 Å². The maximum Gasteiger partial charge on any atom is 0.0861 e. The van der Waals surface area contributed by atoms with Crippen LogP contribution in [0.5, 0.6) is 0 Å². The van der Waals surface area contributed by atoms with E-state index in [-0.39, 0.29) is 13.2 Å². The first-order valence-corrected chi connectivity index (χ1v) is 8.98. The van der Waals surface area contributed by atoms with E-state index in [4.69, 9.17) is 20.4 Å². The average Bonchev–Trinajstić information content (AvgIpc) is 2.35. The number of aliphatic hydroxyl groups excluding tert-OH is 4. The quantitative estimate of drug-likeness (QED) is 0.375. The van der Waals surface area contributed by atoms with Gasteiger partial charge in [-0.3, -0.25) is 0 Å². The summed E-state index contributed by atoms with van der Waals surface area (Å²) in [6.45, 7) is -0.325. The molecule has 17 heavy (non-hydrogen) atoms. The van der Waals surface area contributed by atoms with E-state index >= 15 is 0 Å². The van der Waals surface area contributed by atoms with Crippen molar-refractivity contribution < 1.29 is 20.4 Å². The highest BCUT2D eigenvalue weighted by Gasteiger charge is 2.02. The Kier molecular flexibility index (Phi) is 14.0. The van der Waals surface area contributed by atoms with Crippen LogP contribution in [0.1, 0.15) is 0 Å². The molecule has 0 amide bonds. The van der Waals surface area contributed by atoms with Crippen molar-refractivity contribution in [3.05, 3.63) is 0 Å². The molecule has 7 heteroatoms. The molecule has 2 atom stereocenters. The van der Waals surface area contributed by atoms with Gasteiger partial charge >= 0.3 is 0 Å². The summed E-state index contributed by atoms with van der Waals surface area (Å²) >= 11 is 5.14. The van der Waals surface area contributed by atoms with Crippen LogP contribution in [-0.4, -0.2) is 80.4 Å². The smallest absolute Gasteiger partial charge is 0.0861 e. The second-order valence-electron chi connectivity index (χ2n) is 3.43. The van der Waals surface area contributed by atoms with Crippen molar-refractivity contribution in [3.8, 4) is 0 Å². The van der Waals surface area contributed by atoms with Gasteiger partial charge in [0.1, 0.15) is 0 Å². The summed E-state index contributed by atoms with van der Waals surface area (Å²) in [6, 6.07) is 0. The highest BCUT2D eigenvalue weighted by atomic mass is 32.2. The van der Waals surface area contributed by atoms with Gasteiger partial charge in [0.2, 0.25) is 0 Å². The van der Waals surface area contributed by atoms with Gasteiger partial charge in [0, 0.05) is 34.5 Å². The van der Waals surface area contributed by atoms with Gasteiger partial charge in [-0.2, -0.15) is 35.3 Å². The van der Waals surface area contributed by atoms with Crippen LogP contribution in [0, 0.1) is 0 Å². The Labute approximate surface area is 116 Å². The summed E-state index contributed by atoms with van der Waals surface area (Å²) < 4.78 is 0. The Balaban J connectivity index is 3.04. The van der Waals surface area contributed by atoms with E-state index in [1.54, 1.807) is 23.5 Å². The van der Waals surface area contributed by atoms with Gasteiger partial charge in [0.15, 0.2) is 0 Å². The number of hydrogen-bond donors (Lipinski definition) is 4. The third kappa shape index (κ3) is 13.1. The predicted octanol–water partition coefficient (Wildman–Crippen LogP) is -0.108. The van der Waals surface area contributed by atoms with Gasteiger partial charge in [0.25, 0.3) is 0 Å². The first-order chi connectivity index (χ1) is 8.20.